The van der Waals surface area contributed by atoms with E-state index in [0.717, 1.165) is 5.56 Å². The second kappa shape index (κ2) is 7.30. The van der Waals surface area contributed by atoms with E-state index in [2.05, 4.69) is 5.32 Å². The van der Waals surface area contributed by atoms with E-state index in [1.807, 2.05) is 12.1 Å². The van der Waals surface area contributed by atoms with E-state index in [1.54, 1.807) is 12.1 Å². The quantitative estimate of drug-likeness (QED) is 0.801. The zero-order valence-corrected chi connectivity index (χ0v) is 14.9. The molecule has 0 spiro atoms. The van der Waals surface area contributed by atoms with Gasteiger partial charge in [0.25, 0.3) is 0 Å². The van der Waals surface area contributed by atoms with Crippen LogP contribution in [0.5, 0.6) is 0 Å². The summed E-state index contributed by atoms with van der Waals surface area (Å²) in [4.78, 5) is 12.0. The summed E-state index contributed by atoms with van der Waals surface area (Å²) in [5.41, 5.74) is 1.40. The number of hydrogen-bond acceptors (Lipinski definition) is 1. The second-order valence-corrected chi connectivity index (χ2v) is 6.63. The van der Waals surface area contributed by atoms with Crippen molar-refractivity contribution in [3.05, 3.63) is 63.4 Å². The zero-order valence-electron chi connectivity index (χ0n) is 11.0. The van der Waals surface area contributed by atoms with Crippen molar-refractivity contribution in [2.45, 2.75) is 6.42 Å². The summed E-state index contributed by atoms with van der Waals surface area (Å²) >= 11 is 12.7. The molecule has 110 valence electrons. The third-order valence-electron chi connectivity index (χ3n) is 2.95. The van der Waals surface area contributed by atoms with Crippen LogP contribution in [0.3, 0.4) is 0 Å². The minimum absolute atomic E-state index is 0.0343. The van der Waals surface area contributed by atoms with E-state index in [9.17, 15) is 9.18 Å². The van der Waals surface area contributed by atoms with E-state index < -0.39 is 5.82 Å². The first-order chi connectivity index (χ1) is 9.97. The van der Waals surface area contributed by atoms with Gasteiger partial charge in [0.15, 0.2) is 0 Å². The molecule has 2 nitrogen and oxygen atoms in total. The molecule has 0 aliphatic heterocycles. The van der Waals surface area contributed by atoms with Crippen LogP contribution in [0.1, 0.15) is 15.9 Å². The molecule has 0 radical (unpaired) electrons. The molecule has 1 N–H and O–H groups in total. The van der Waals surface area contributed by atoms with Crippen molar-refractivity contribution < 1.29 is 9.18 Å². The molecule has 21 heavy (non-hydrogen) atoms. The molecule has 2 aromatic rings. The van der Waals surface area contributed by atoms with Gasteiger partial charge in [0.1, 0.15) is 0 Å². The van der Waals surface area contributed by atoms with Crippen molar-refractivity contribution in [1.29, 1.82) is 0 Å². The molecule has 0 aliphatic rings. The third-order valence-corrected chi connectivity index (χ3v) is 4.49. The van der Waals surface area contributed by atoms with Crippen LogP contribution in [0.4, 0.5) is 4.39 Å². The number of hydrogen-bond donors (Lipinski definition) is 1. The van der Waals surface area contributed by atoms with Crippen molar-refractivity contribution in [2.75, 3.05) is 6.54 Å². The number of nitrogens with one attached hydrogen (secondary N) is 1. The molecule has 0 aliphatic carbocycles. The Balaban J connectivity index is 1.96. The van der Waals surface area contributed by atoms with Gasteiger partial charge >= 0.3 is 141 Å². The van der Waals surface area contributed by atoms with Crippen molar-refractivity contribution >= 4 is 50.3 Å². The minimum atomic E-state index is -0.582. The average molecular weight is 388 g/mol. The topological polar surface area (TPSA) is 29.1 Å². The Labute approximate surface area is 141 Å². The number of halogens is 3. The van der Waals surface area contributed by atoms with Gasteiger partial charge in [0.2, 0.25) is 0 Å². The van der Waals surface area contributed by atoms with Gasteiger partial charge in [-0.3, -0.25) is 0 Å². The molecule has 2 aromatic carbocycles. The van der Waals surface area contributed by atoms with E-state index in [1.165, 1.54) is 29.0 Å². The number of rotatable bonds is 4. The van der Waals surface area contributed by atoms with Crippen LogP contribution in [0.25, 0.3) is 0 Å². The molecule has 1 atom stereocenters. The van der Waals surface area contributed by atoms with Crippen molar-refractivity contribution in [1.82, 2.24) is 5.32 Å². The summed E-state index contributed by atoms with van der Waals surface area (Å²) in [6.45, 7) is 0.469. The monoisotopic (exact) mass is 387 g/mol. The van der Waals surface area contributed by atoms with E-state index in [0.29, 0.717) is 27.9 Å². The maximum absolute atomic E-state index is 13.4. The molecular formula is C15H13AsCl2FNO. The van der Waals surface area contributed by atoms with Gasteiger partial charge < -0.3 is 0 Å². The van der Waals surface area contributed by atoms with Gasteiger partial charge in [-0.1, -0.05) is 0 Å². The summed E-state index contributed by atoms with van der Waals surface area (Å²) in [6.07, 6.45) is 0.684. The number of carbonyl (C=O) groups excluding carboxylic acids is 1. The number of benzene rings is 2. The maximum atomic E-state index is 13.4. The standard InChI is InChI=1S/C15H13AsCl2FNO/c16-12-8-13(18)14(19)7-11(12)15(21)20-6-5-9-1-3-10(17)4-2-9/h1-4,7-8H,5-6,16H2,(H,20,21). The van der Waals surface area contributed by atoms with Gasteiger partial charge in [0, 0.05) is 0 Å². The van der Waals surface area contributed by atoms with E-state index in [-0.39, 0.29) is 10.9 Å². The molecule has 2 rings (SSSR count). The van der Waals surface area contributed by atoms with Gasteiger partial charge in [-0.05, 0) is 0 Å². The Kier molecular flexibility index (Phi) is 5.69. The molecule has 1 unspecified atom stereocenters. The van der Waals surface area contributed by atoms with Crippen LogP contribution in [0.15, 0.2) is 36.4 Å². The Hall–Kier alpha value is -1.02. The normalized spacial score (nSPS) is 10.5. The summed E-state index contributed by atoms with van der Waals surface area (Å²) in [7, 11) is 0. The van der Waals surface area contributed by atoms with Crippen molar-refractivity contribution in [3.8, 4) is 0 Å². The zero-order chi connectivity index (χ0) is 15.4. The molecule has 0 saturated heterocycles. The molecule has 1 amide bonds. The Morgan fingerprint density at radius 2 is 1.86 bits per heavy atom. The average Bonchev–Trinajstić information content (AvgIpc) is 2.45. The van der Waals surface area contributed by atoms with Crippen LogP contribution >= 0.6 is 23.2 Å². The van der Waals surface area contributed by atoms with Crippen LogP contribution in [-0.4, -0.2) is 29.3 Å². The number of amides is 1. The predicted octanol–water partition coefficient (Wildman–Crippen LogP) is 2.36. The second-order valence-electron chi connectivity index (χ2n) is 4.49. The summed E-state index contributed by atoms with van der Waals surface area (Å²) in [6, 6.07) is 10.1. The molecular weight excluding hydrogens is 375 g/mol. The predicted molar refractivity (Wildman–Crippen MR) is 87.1 cm³/mol. The molecule has 0 bridgehead atoms. The fraction of sp³-hybridized carbons (Fsp3) is 0.133. The molecule has 6 heteroatoms. The van der Waals surface area contributed by atoms with Crippen LogP contribution in [-0.2, 0) is 6.42 Å². The summed E-state index contributed by atoms with van der Waals surface area (Å²) in [5, 5.41) is 3.49. The number of carbonyl (C=O) groups is 1. The van der Waals surface area contributed by atoms with Crippen LogP contribution < -0.4 is 9.67 Å². The molecule has 0 fully saturated rings. The Morgan fingerprint density at radius 1 is 1.19 bits per heavy atom. The van der Waals surface area contributed by atoms with Gasteiger partial charge in [-0.2, -0.15) is 0 Å². The van der Waals surface area contributed by atoms with Crippen molar-refractivity contribution in [2.24, 2.45) is 0 Å². The Morgan fingerprint density at radius 3 is 2.52 bits per heavy atom. The first kappa shape index (κ1) is 16.4. The van der Waals surface area contributed by atoms with E-state index >= 15 is 0 Å². The Bertz CT molecular complexity index is 661. The summed E-state index contributed by atoms with van der Waals surface area (Å²) < 4.78 is 14.1. The van der Waals surface area contributed by atoms with Gasteiger partial charge in [-0.15, -0.1) is 0 Å². The van der Waals surface area contributed by atoms with Crippen LogP contribution in [0, 0.1) is 5.82 Å². The van der Waals surface area contributed by atoms with E-state index in [4.69, 9.17) is 23.2 Å². The molecule has 0 heterocycles. The van der Waals surface area contributed by atoms with Crippen molar-refractivity contribution in [3.63, 3.8) is 0 Å². The fourth-order valence-electron chi connectivity index (χ4n) is 1.83. The van der Waals surface area contributed by atoms with Crippen LogP contribution in [0.2, 0.25) is 10.0 Å². The summed E-state index contributed by atoms with van der Waals surface area (Å²) in [5.74, 6) is -0.875. The van der Waals surface area contributed by atoms with Gasteiger partial charge in [0.05, 0.1) is 0 Å². The molecule has 0 aromatic heterocycles. The molecule has 0 saturated carbocycles. The fourth-order valence-corrected chi connectivity index (χ4v) is 3.14. The first-order valence-electron chi connectivity index (χ1n) is 6.24. The first-order valence-corrected chi connectivity index (χ1v) is 8.21. The van der Waals surface area contributed by atoms with Gasteiger partial charge in [-0.25, -0.2) is 0 Å². The SMILES string of the molecule is O=C(NCCc1ccc(Cl)cc1)c1cc(F)c(Cl)cc1[AsH2]. The third kappa shape index (κ3) is 4.47.